The van der Waals surface area contributed by atoms with Crippen molar-refractivity contribution in [2.24, 2.45) is 0 Å². The highest BCUT2D eigenvalue weighted by atomic mass is 32.1. The third-order valence-electron chi connectivity index (χ3n) is 3.07. The lowest BCUT2D eigenvalue weighted by atomic mass is 9.93. The molecule has 0 amide bonds. The van der Waals surface area contributed by atoms with E-state index in [4.69, 9.17) is 15.1 Å². The van der Waals surface area contributed by atoms with Gasteiger partial charge in [-0.1, -0.05) is 38.0 Å². The number of thiazole rings is 1. The molecule has 0 atom stereocenters. The van der Waals surface area contributed by atoms with E-state index in [0.717, 1.165) is 21.8 Å². The lowest BCUT2D eigenvalue weighted by molar-refractivity contribution is 0.573. The van der Waals surface area contributed by atoms with E-state index in [0.29, 0.717) is 5.89 Å². The summed E-state index contributed by atoms with van der Waals surface area (Å²) in [5.41, 5.74) is 8.48. The molecule has 3 rings (SSSR count). The molecule has 2 N–H and O–H groups in total. The van der Waals surface area contributed by atoms with Crippen molar-refractivity contribution >= 4 is 17.4 Å². The van der Waals surface area contributed by atoms with E-state index in [-0.39, 0.29) is 11.4 Å². The summed E-state index contributed by atoms with van der Waals surface area (Å²) >= 11 is 1.64. The quantitative estimate of drug-likeness (QED) is 0.780. The fourth-order valence-corrected chi connectivity index (χ4v) is 2.93. The van der Waals surface area contributed by atoms with E-state index in [2.05, 4.69) is 36.3 Å². The second kappa shape index (κ2) is 4.96. The number of benzene rings is 1. The number of nitrogen functional groups attached to an aromatic ring is 1. The maximum Gasteiger partial charge on any atom is 0.313 e. The molecule has 5 nitrogen and oxygen atoms in total. The molecule has 1 aromatic carbocycles. The number of anilines is 1. The minimum absolute atomic E-state index is 0.0489. The molecule has 3 aromatic rings. The first-order valence-corrected chi connectivity index (χ1v) is 7.47. The molecule has 0 aliphatic rings. The molecule has 2 heterocycles. The predicted molar refractivity (Wildman–Crippen MR) is 84.0 cm³/mol. The minimum atomic E-state index is 0.0489. The summed E-state index contributed by atoms with van der Waals surface area (Å²) < 4.78 is 5.26. The summed E-state index contributed by atoms with van der Waals surface area (Å²) in [4.78, 5) is 4.72. The number of nitrogens with zero attached hydrogens (tertiary/aromatic N) is 3. The molecule has 0 aliphatic carbocycles. The Bertz CT molecular complexity index is 770. The highest BCUT2D eigenvalue weighted by Crippen LogP contribution is 2.31. The number of nitrogens with two attached hydrogens (primary N) is 1. The molecule has 0 bridgehead atoms. The van der Waals surface area contributed by atoms with E-state index in [9.17, 15) is 0 Å². The molecule has 0 unspecified atom stereocenters. The van der Waals surface area contributed by atoms with Gasteiger partial charge in [0.25, 0.3) is 0 Å². The van der Waals surface area contributed by atoms with Crippen molar-refractivity contribution in [3.05, 3.63) is 35.3 Å². The Morgan fingerprint density at radius 1 is 1.14 bits per heavy atom. The zero-order valence-electron chi connectivity index (χ0n) is 12.1. The SMILES string of the molecule is CC(C)(C)c1csc(-c2cccc(-c3nnc(N)o3)c2)n1. The van der Waals surface area contributed by atoms with Gasteiger partial charge in [0.05, 0.1) is 5.69 Å². The molecule has 21 heavy (non-hydrogen) atoms. The van der Waals surface area contributed by atoms with Crippen LogP contribution < -0.4 is 5.73 Å². The lowest BCUT2D eigenvalue weighted by Gasteiger charge is -2.14. The fourth-order valence-electron chi connectivity index (χ4n) is 1.89. The zero-order chi connectivity index (χ0) is 15.0. The standard InChI is InChI=1S/C15H16N4OS/c1-15(2,3)11-8-21-13(17-11)10-6-4-5-9(7-10)12-18-19-14(16)20-12/h4-8H,1-3H3,(H2,16,19). The van der Waals surface area contributed by atoms with Crippen LogP contribution in [0.1, 0.15) is 26.5 Å². The molecule has 0 saturated carbocycles. The van der Waals surface area contributed by atoms with Crippen molar-refractivity contribution in [2.75, 3.05) is 5.73 Å². The topological polar surface area (TPSA) is 77.8 Å². The van der Waals surface area contributed by atoms with Crippen molar-refractivity contribution in [3.63, 3.8) is 0 Å². The number of hydrogen-bond acceptors (Lipinski definition) is 6. The maximum absolute atomic E-state index is 5.47. The first kappa shape index (κ1) is 13.8. The lowest BCUT2D eigenvalue weighted by Crippen LogP contribution is -2.11. The van der Waals surface area contributed by atoms with Crippen LogP contribution in [-0.2, 0) is 5.41 Å². The van der Waals surface area contributed by atoms with E-state index in [1.54, 1.807) is 11.3 Å². The zero-order valence-corrected chi connectivity index (χ0v) is 12.9. The molecule has 0 fully saturated rings. The molecule has 0 spiro atoms. The summed E-state index contributed by atoms with van der Waals surface area (Å²) in [6, 6.07) is 7.93. The van der Waals surface area contributed by atoms with Crippen molar-refractivity contribution in [1.29, 1.82) is 0 Å². The van der Waals surface area contributed by atoms with Crippen LogP contribution in [0.5, 0.6) is 0 Å². The molecule has 2 aromatic heterocycles. The minimum Gasteiger partial charge on any atom is -0.404 e. The Morgan fingerprint density at radius 2 is 1.90 bits per heavy atom. The second-order valence-electron chi connectivity index (χ2n) is 5.81. The Kier molecular flexibility index (Phi) is 3.25. The van der Waals surface area contributed by atoms with Crippen molar-refractivity contribution in [2.45, 2.75) is 26.2 Å². The van der Waals surface area contributed by atoms with Crippen molar-refractivity contribution in [3.8, 4) is 22.0 Å². The van der Waals surface area contributed by atoms with E-state index in [1.165, 1.54) is 0 Å². The Labute approximate surface area is 126 Å². The van der Waals surface area contributed by atoms with Crippen LogP contribution in [0.3, 0.4) is 0 Å². The highest BCUT2D eigenvalue weighted by molar-refractivity contribution is 7.13. The van der Waals surface area contributed by atoms with Gasteiger partial charge in [0, 0.05) is 21.9 Å². The Balaban J connectivity index is 1.98. The van der Waals surface area contributed by atoms with Crippen molar-refractivity contribution in [1.82, 2.24) is 15.2 Å². The third kappa shape index (κ3) is 2.80. The number of aromatic nitrogens is 3. The summed E-state index contributed by atoms with van der Waals surface area (Å²) in [5, 5.41) is 10.7. The second-order valence-corrected chi connectivity index (χ2v) is 6.67. The van der Waals surface area contributed by atoms with Crippen LogP contribution in [-0.4, -0.2) is 15.2 Å². The van der Waals surface area contributed by atoms with Gasteiger partial charge in [-0.25, -0.2) is 4.98 Å². The fraction of sp³-hybridized carbons (Fsp3) is 0.267. The Hall–Kier alpha value is -2.21. The van der Waals surface area contributed by atoms with Crippen molar-refractivity contribution < 1.29 is 4.42 Å². The number of rotatable bonds is 2. The van der Waals surface area contributed by atoms with Crippen LogP contribution >= 0.6 is 11.3 Å². The highest BCUT2D eigenvalue weighted by Gasteiger charge is 2.18. The molecule has 108 valence electrons. The van der Waals surface area contributed by atoms with Gasteiger partial charge in [0.1, 0.15) is 5.01 Å². The van der Waals surface area contributed by atoms with Crippen LogP contribution in [0, 0.1) is 0 Å². The van der Waals surface area contributed by atoms with Gasteiger partial charge in [-0.15, -0.1) is 16.4 Å². The van der Waals surface area contributed by atoms with Crippen LogP contribution in [0.4, 0.5) is 6.01 Å². The van der Waals surface area contributed by atoms with E-state index >= 15 is 0 Å². The normalized spacial score (nSPS) is 11.8. The first-order valence-electron chi connectivity index (χ1n) is 6.59. The monoisotopic (exact) mass is 300 g/mol. The molecule has 0 radical (unpaired) electrons. The summed E-state index contributed by atoms with van der Waals surface area (Å²) in [5.74, 6) is 0.418. The van der Waals surface area contributed by atoms with Gasteiger partial charge in [-0.05, 0) is 12.1 Å². The van der Waals surface area contributed by atoms with Crippen LogP contribution in [0.25, 0.3) is 22.0 Å². The smallest absolute Gasteiger partial charge is 0.313 e. The largest absolute Gasteiger partial charge is 0.404 e. The molecule has 0 saturated heterocycles. The van der Waals surface area contributed by atoms with Crippen LogP contribution in [0.2, 0.25) is 0 Å². The van der Waals surface area contributed by atoms with Gasteiger partial charge in [0.2, 0.25) is 5.89 Å². The number of hydrogen-bond donors (Lipinski definition) is 1. The summed E-state index contributed by atoms with van der Waals surface area (Å²) in [6.07, 6.45) is 0. The molecule has 0 aliphatic heterocycles. The molecular weight excluding hydrogens is 284 g/mol. The average Bonchev–Trinajstić information content (AvgIpc) is 3.07. The van der Waals surface area contributed by atoms with Gasteiger partial charge in [0.15, 0.2) is 0 Å². The predicted octanol–water partition coefficient (Wildman–Crippen LogP) is 3.74. The summed E-state index contributed by atoms with van der Waals surface area (Å²) in [6.45, 7) is 6.47. The van der Waals surface area contributed by atoms with E-state index < -0.39 is 0 Å². The molecular formula is C15H16N4OS. The Morgan fingerprint density at radius 3 is 2.52 bits per heavy atom. The van der Waals surface area contributed by atoms with Gasteiger partial charge >= 0.3 is 6.01 Å². The van der Waals surface area contributed by atoms with Crippen LogP contribution in [0.15, 0.2) is 34.1 Å². The first-order chi connectivity index (χ1) is 9.93. The molecule has 6 heteroatoms. The third-order valence-corrected chi connectivity index (χ3v) is 3.96. The summed E-state index contributed by atoms with van der Waals surface area (Å²) in [7, 11) is 0. The average molecular weight is 300 g/mol. The van der Waals surface area contributed by atoms with Gasteiger partial charge in [-0.3, -0.25) is 0 Å². The van der Waals surface area contributed by atoms with Gasteiger partial charge < -0.3 is 10.2 Å². The van der Waals surface area contributed by atoms with E-state index in [1.807, 2.05) is 24.3 Å². The van der Waals surface area contributed by atoms with Gasteiger partial charge in [-0.2, -0.15) is 0 Å². The maximum atomic E-state index is 5.47.